The lowest BCUT2D eigenvalue weighted by Gasteiger charge is -2.27. The lowest BCUT2D eigenvalue weighted by molar-refractivity contribution is -0.131. The van der Waals surface area contributed by atoms with Crippen LogP contribution in [0.2, 0.25) is 0 Å². The second kappa shape index (κ2) is 6.35. The van der Waals surface area contributed by atoms with E-state index in [4.69, 9.17) is 0 Å². The minimum Gasteiger partial charge on any atom is -0.334 e. The Morgan fingerprint density at radius 2 is 2.05 bits per heavy atom. The molecule has 4 nitrogen and oxygen atoms in total. The van der Waals surface area contributed by atoms with Gasteiger partial charge in [-0.1, -0.05) is 12.2 Å². The van der Waals surface area contributed by atoms with Crippen LogP contribution in [0, 0.1) is 11.8 Å². The first-order valence-corrected chi connectivity index (χ1v) is 7.11. The smallest absolute Gasteiger partial charge is 0.237 e. The van der Waals surface area contributed by atoms with Crippen molar-refractivity contribution in [2.24, 2.45) is 11.8 Å². The summed E-state index contributed by atoms with van der Waals surface area (Å²) in [6.45, 7) is 14.6. The summed E-state index contributed by atoms with van der Waals surface area (Å²) < 4.78 is 0. The van der Waals surface area contributed by atoms with Crippen LogP contribution in [0.5, 0.6) is 0 Å². The van der Waals surface area contributed by atoms with Crippen molar-refractivity contribution >= 4 is 5.91 Å². The van der Waals surface area contributed by atoms with Gasteiger partial charge in [-0.25, -0.2) is 0 Å². The molecule has 2 rings (SSSR count). The molecule has 0 aromatic rings. The van der Waals surface area contributed by atoms with Gasteiger partial charge in [0.05, 0.1) is 6.54 Å². The minimum atomic E-state index is 0.180. The summed E-state index contributed by atoms with van der Waals surface area (Å²) in [5, 5.41) is 3.44. The highest BCUT2D eigenvalue weighted by Gasteiger charge is 2.42. The molecule has 2 aliphatic rings. The fourth-order valence-electron chi connectivity index (χ4n) is 3.33. The van der Waals surface area contributed by atoms with E-state index in [-0.39, 0.29) is 5.91 Å². The first kappa shape index (κ1) is 14.3. The number of amides is 1. The van der Waals surface area contributed by atoms with Gasteiger partial charge >= 0.3 is 0 Å². The molecule has 2 heterocycles. The second-order valence-corrected chi connectivity index (χ2v) is 5.63. The number of hydrogen-bond acceptors (Lipinski definition) is 3. The zero-order valence-corrected chi connectivity index (χ0v) is 11.8. The van der Waals surface area contributed by atoms with Gasteiger partial charge in [0.1, 0.15) is 0 Å². The van der Waals surface area contributed by atoms with Gasteiger partial charge in [0.25, 0.3) is 0 Å². The average Bonchev–Trinajstić information content (AvgIpc) is 2.94. The molecule has 1 amide bonds. The zero-order chi connectivity index (χ0) is 13.8. The van der Waals surface area contributed by atoms with Crippen LogP contribution in [0.1, 0.15) is 6.92 Å². The van der Waals surface area contributed by atoms with Crippen molar-refractivity contribution in [3.8, 4) is 0 Å². The van der Waals surface area contributed by atoms with Crippen molar-refractivity contribution in [2.75, 3.05) is 39.3 Å². The van der Waals surface area contributed by atoms with E-state index in [2.05, 4.69) is 30.3 Å². The first-order chi connectivity index (χ1) is 9.17. The van der Waals surface area contributed by atoms with Crippen LogP contribution in [0.15, 0.2) is 25.3 Å². The third-order valence-corrected chi connectivity index (χ3v) is 4.45. The lowest BCUT2D eigenvalue weighted by atomic mass is 9.95. The first-order valence-electron chi connectivity index (χ1n) is 7.11. The number of hydrogen-bond donors (Lipinski definition) is 1. The molecule has 3 atom stereocenters. The maximum absolute atomic E-state index is 12.3. The van der Waals surface area contributed by atoms with E-state index in [9.17, 15) is 4.79 Å². The Morgan fingerprint density at radius 3 is 2.63 bits per heavy atom. The van der Waals surface area contributed by atoms with E-state index in [1.165, 1.54) is 0 Å². The predicted octanol–water partition coefficient (Wildman–Crippen LogP) is 0.727. The molecule has 0 bridgehead atoms. The summed E-state index contributed by atoms with van der Waals surface area (Å²) in [7, 11) is 0. The third kappa shape index (κ3) is 3.07. The van der Waals surface area contributed by atoms with Crippen molar-refractivity contribution in [1.82, 2.24) is 15.1 Å². The number of nitrogens with zero attached hydrogens (tertiary/aromatic N) is 2. The van der Waals surface area contributed by atoms with Gasteiger partial charge < -0.3 is 10.2 Å². The Morgan fingerprint density at radius 1 is 1.37 bits per heavy atom. The number of likely N-dealkylation sites (tertiary alicyclic amines) is 1. The van der Waals surface area contributed by atoms with Crippen LogP contribution >= 0.6 is 0 Å². The van der Waals surface area contributed by atoms with Gasteiger partial charge in [0, 0.05) is 25.7 Å². The highest BCUT2D eigenvalue weighted by atomic mass is 16.2. The van der Waals surface area contributed by atoms with Crippen LogP contribution in [0.3, 0.4) is 0 Å². The van der Waals surface area contributed by atoms with Crippen molar-refractivity contribution in [3.05, 3.63) is 25.3 Å². The van der Waals surface area contributed by atoms with E-state index < -0.39 is 0 Å². The number of carbonyl (C=O) groups excluding carboxylic acids is 1. The zero-order valence-electron chi connectivity index (χ0n) is 11.8. The monoisotopic (exact) mass is 263 g/mol. The van der Waals surface area contributed by atoms with E-state index in [1.807, 2.05) is 0 Å². The number of fused-ring (bicyclic) bond motifs is 1. The highest BCUT2D eigenvalue weighted by Crippen LogP contribution is 2.31. The van der Waals surface area contributed by atoms with Crippen molar-refractivity contribution < 1.29 is 4.79 Å². The molecule has 4 heteroatoms. The van der Waals surface area contributed by atoms with E-state index in [0.717, 1.165) is 25.6 Å². The predicted molar refractivity (Wildman–Crippen MR) is 77.9 cm³/mol. The molecule has 0 spiro atoms. The van der Waals surface area contributed by atoms with E-state index in [0.29, 0.717) is 31.6 Å². The van der Waals surface area contributed by atoms with Crippen LogP contribution in [0.4, 0.5) is 0 Å². The SMILES string of the molecule is C=CCN(CC=C)C(=O)CN1CC2CNCC2C1C. The number of rotatable bonds is 6. The Labute approximate surface area is 116 Å². The van der Waals surface area contributed by atoms with Gasteiger partial charge in [0.2, 0.25) is 5.91 Å². The molecule has 2 aliphatic heterocycles. The molecular formula is C15H25N3O. The quantitative estimate of drug-likeness (QED) is 0.718. The molecule has 0 aromatic heterocycles. The van der Waals surface area contributed by atoms with Crippen LogP contribution in [0.25, 0.3) is 0 Å². The van der Waals surface area contributed by atoms with E-state index in [1.54, 1.807) is 17.1 Å². The minimum absolute atomic E-state index is 0.180. The fourth-order valence-corrected chi connectivity index (χ4v) is 3.33. The Bertz CT molecular complexity index is 345. The van der Waals surface area contributed by atoms with Crippen LogP contribution < -0.4 is 5.32 Å². The largest absolute Gasteiger partial charge is 0.334 e. The molecule has 0 aliphatic carbocycles. The van der Waals surface area contributed by atoms with Gasteiger partial charge in [0.15, 0.2) is 0 Å². The molecule has 3 unspecified atom stereocenters. The second-order valence-electron chi connectivity index (χ2n) is 5.63. The Hall–Kier alpha value is -1.13. The topological polar surface area (TPSA) is 35.6 Å². The molecule has 19 heavy (non-hydrogen) atoms. The Kier molecular flexibility index (Phi) is 4.77. The average molecular weight is 263 g/mol. The van der Waals surface area contributed by atoms with Gasteiger partial charge in [-0.05, 0) is 31.8 Å². The van der Waals surface area contributed by atoms with E-state index >= 15 is 0 Å². The van der Waals surface area contributed by atoms with Crippen molar-refractivity contribution in [3.63, 3.8) is 0 Å². The standard InChI is InChI=1S/C15H25N3O/c1-4-6-17(7-5-2)15(19)11-18-10-13-8-16-9-14(13)12(18)3/h4-5,12-14,16H,1-2,6-11H2,3H3. The normalized spacial score (nSPS) is 30.1. The molecule has 106 valence electrons. The highest BCUT2D eigenvalue weighted by molar-refractivity contribution is 5.78. The fraction of sp³-hybridized carbons (Fsp3) is 0.667. The summed E-state index contributed by atoms with van der Waals surface area (Å²) in [4.78, 5) is 16.5. The van der Waals surface area contributed by atoms with Gasteiger partial charge in [-0.3, -0.25) is 9.69 Å². The lowest BCUT2D eigenvalue weighted by Crippen LogP contribution is -2.43. The van der Waals surface area contributed by atoms with Crippen molar-refractivity contribution in [2.45, 2.75) is 13.0 Å². The third-order valence-electron chi connectivity index (χ3n) is 4.45. The maximum atomic E-state index is 12.3. The summed E-state index contributed by atoms with van der Waals surface area (Å²) in [6, 6.07) is 0.498. The molecule has 1 N–H and O–H groups in total. The van der Waals surface area contributed by atoms with Gasteiger partial charge in [-0.15, -0.1) is 13.2 Å². The molecule has 2 fully saturated rings. The Balaban J connectivity index is 1.91. The molecule has 0 aromatic carbocycles. The summed E-state index contributed by atoms with van der Waals surface area (Å²) in [5.41, 5.74) is 0. The number of nitrogens with one attached hydrogen (secondary N) is 1. The van der Waals surface area contributed by atoms with Crippen molar-refractivity contribution in [1.29, 1.82) is 0 Å². The van der Waals surface area contributed by atoms with Crippen LogP contribution in [-0.4, -0.2) is 61.0 Å². The molecular weight excluding hydrogens is 238 g/mol. The molecule has 0 radical (unpaired) electrons. The number of carbonyl (C=O) groups is 1. The van der Waals surface area contributed by atoms with Gasteiger partial charge in [-0.2, -0.15) is 0 Å². The molecule has 2 saturated heterocycles. The summed E-state index contributed by atoms with van der Waals surface area (Å²) in [5.74, 6) is 1.61. The van der Waals surface area contributed by atoms with Crippen LogP contribution in [-0.2, 0) is 4.79 Å². The molecule has 0 saturated carbocycles. The summed E-state index contributed by atoms with van der Waals surface area (Å²) in [6.07, 6.45) is 3.54. The summed E-state index contributed by atoms with van der Waals surface area (Å²) >= 11 is 0. The maximum Gasteiger partial charge on any atom is 0.237 e.